The van der Waals surface area contributed by atoms with Crippen molar-refractivity contribution < 1.29 is 42.8 Å². The van der Waals surface area contributed by atoms with Gasteiger partial charge >= 0.3 is 23.6 Å². The first kappa shape index (κ1) is 44.8. The lowest BCUT2D eigenvalue weighted by molar-refractivity contribution is -0.155. The minimum atomic E-state index is -0.997. The average Bonchev–Trinajstić information content (AvgIpc) is 4.14. The Bertz CT molecular complexity index is 3060. The summed E-state index contributed by atoms with van der Waals surface area (Å²) in [5.41, 5.74) is 11.6. The van der Waals surface area contributed by atoms with E-state index < -0.39 is 47.4 Å². The zero-order valence-corrected chi connectivity index (χ0v) is 38.4. The first-order valence-corrected chi connectivity index (χ1v) is 22.4. The molecule has 0 aromatic carbocycles. The van der Waals surface area contributed by atoms with E-state index >= 15 is 0 Å². The summed E-state index contributed by atoms with van der Waals surface area (Å²) in [6.45, 7) is 17.9. The van der Waals surface area contributed by atoms with Crippen molar-refractivity contribution in [3.05, 3.63) is 108 Å². The predicted molar refractivity (Wildman–Crippen MR) is 243 cm³/mol. The van der Waals surface area contributed by atoms with Gasteiger partial charge in [-0.2, -0.15) is 0 Å². The predicted octanol–water partition coefficient (Wildman–Crippen LogP) is 6.26. The summed E-state index contributed by atoms with van der Waals surface area (Å²) in [6, 6.07) is 6.08. The normalized spacial score (nSPS) is 21.7. The number of hydrogen-bond donors (Lipinski definition) is 3. The number of hydrogen-bond acceptors (Lipinski definition) is 13. The van der Waals surface area contributed by atoms with Gasteiger partial charge in [-0.05, 0) is 79.6 Å². The van der Waals surface area contributed by atoms with Crippen LogP contribution in [0.1, 0.15) is 128 Å². The minimum absolute atomic E-state index is 0.0539. The van der Waals surface area contributed by atoms with E-state index in [0.717, 1.165) is 79.1 Å². The van der Waals surface area contributed by atoms with E-state index in [-0.39, 0.29) is 42.8 Å². The van der Waals surface area contributed by atoms with E-state index in [4.69, 9.17) is 38.4 Å². The average molecular weight is 903 g/mol. The molecule has 346 valence electrons. The van der Waals surface area contributed by atoms with Crippen molar-refractivity contribution in [3.8, 4) is 0 Å². The number of methoxy groups -OCH3 is 1. The number of nitrogens with zero attached hydrogens (tertiary/aromatic N) is 3. The van der Waals surface area contributed by atoms with Gasteiger partial charge in [-0.15, -0.1) is 0 Å². The molecule has 1 spiro atoms. The Kier molecular flexibility index (Phi) is 11.6. The van der Waals surface area contributed by atoms with Gasteiger partial charge in [-0.1, -0.05) is 20.4 Å². The summed E-state index contributed by atoms with van der Waals surface area (Å²) >= 11 is 0. The van der Waals surface area contributed by atoms with E-state index in [9.17, 15) is 24.0 Å². The van der Waals surface area contributed by atoms with E-state index in [2.05, 4.69) is 55.3 Å². The number of allylic oxidation sites excluding steroid dienone is 1. The highest BCUT2D eigenvalue weighted by Crippen LogP contribution is 2.53. The fourth-order valence-electron chi connectivity index (χ4n) is 10.4. The summed E-state index contributed by atoms with van der Waals surface area (Å²) < 4.78 is 36.1. The van der Waals surface area contributed by atoms with Crippen LogP contribution < -0.4 is 11.2 Å². The van der Waals surface area contributed by atoms with E-state index in [1.807, 2.05) is 19.1 Å². The maximum absolute atomic E-state index is 13.9. The molecule has 17 nitrogen and oxygen atoms in total. The molecular formula is C49H54N6O11. The van der Waals surface area contributed by atoms with Gasteiger partial charge in [0.15, 0.2) is 0 Å². The summed E-state index contributed by atoms with van der Waals surface area (Å²) in [5.74, 6) is -2.73. The fourth-order valence-corrected chi connectivity index (χ4v) is 10.4. The molecule has 66 heavy (non-hydrogen) atoms. The molecule has 8 heterocycles. The van der Waals surface area contributed by atoms with Crippen LogP contribution in [0.25, 0.3) is 38.8 Å². The monoisotopic (exact) mass is 902 g/mol. The van der Waals surface area contributed by atoms with Crippen LogP contribution in [0.15, 0.2) is 40.6 Å². The molecule has 0 amide bonds. The number of rotatable bonds is 10. The summed E-state index contributed by atoms with van der Waals surface area (Å²) in [4.78, 5) is 84.1. The van der Waals surface area contributed by atoms with Crippen molar-refractivity contribution in [2.24, 2.45) is 0 Å². The van der Waals surface area contributed by atoms with Crippen molar-refractivity contribution in [2.45, 2.75) is 117 Å². The molecule has 0 saturated carbocycles. The first-order valence-electron chi connectivity index (χ1n) is 22.4. The maximum atomic E-state index is 13.9. The SMILES string of the molecule is C=C(c1cn([C@H]2C[C@H](OC(C)=O)[C@@H](COC(C)=O)O2)c(=O)[nH]c1=O)c1c(C)c2cc3nc(c4c5nc(cc6[nH]c(cc1[nH]2)c(C)c6CC)C(C)=C5C1(C4)OCCO1)[C@@H](CCC(=O)OC)[C@@H]3C. The molecule has 0 radical (unpaired) electrons. The molecule has 9 rings (SSSR count). The van der Waals surface area contributed by atoms with Gasteiger partial charge in [-0.25, -0.2) is 9.78 Å². The maximum Gasteiger partial charge on any atom is 0.330 e. The number of H-pyrrole nitrogens is 3. The quantitative estimate of drug-likeness (QED) is 0.118. The van der Waals surface area contributed by atoms with Crippen LogP contribution in [-0.2, 0) is 55.6 Å². The Morgan fingerprint density at radius 2 is 1.68 bits per heavy atom. The second-order valence-corrected chi connectivity index (χ2v) is 17.7. The van der Waals surface area contributed by atoms with Crippen LogP contribution >= 0.6 is 0 Å². The van der Waals surface area contributed by atoms with Crippen molar-refractivity contribution in [1.82, 2.24) is 29.5 Å². The highest BCUT2D eigenvalue weighted by atomic mass is 16.7. The van der Waals surface area contributed by atoms with Crippen molar-refractivity contribution >= 4 is 56.7 Å². The topological polar surface area (TPSA) is 219 Å². The second-order valence-electron chi connectivity index (χ2n) is 17.7. The van der Waals surface area contributed by atoms with Crippen LogP contribution in [0.2, 0.25) is 0 Å². The Labute approximate surface area is 379 Å². The summed E-state index contributed by atoms with van der Waals surface area (Å²) in [6.07, 6.45) is 0.628. The Morgan fingerprint density at radius 1 is 0.955 bits per heavy atom. The molecule has 2 fully saturated rings. The van der Waals surface area contributed by atoms with Crippen LogP contribution in [-0.4, -0.2) is 92.3 Å². The number of fused-ring (bicyclic) bond motifs is 9. The molecule has 8 bridgehead atoms. The third-order valence-electron chi connectivity index (χ3n) is 13.8. The lowest BCUT2D eigenvalue weighted by Gasteiger charge is -2.24. The van der Waals surface area contributed by atoms with Crippen molar-refractivity contribution in [1.29, 1.82) is 0 Å². The van der Waals surface area contributed by atoms with Gasteiger partial charge in [-0.3, -0.25) is 33.7 Å². The molecule has 0 unspecified atom stereocenters. The number of aromatic nitrogens is 6. The third-order valence-corrected chi connectivity index (χ3v) is 13.8. The standard InChI is InChI=1S/C49H54N6O11/c1-10-29-22(2)33-17-38-43(24(4)32-20-55(48(60)54-47(32)59)41-18-39(65-28(8)57)40(66-41)21-62-27(7)56)25(5)35(51-38)15-34-23(3)30(11-12-42(58)61-9)45(52-34)31-19-49(63-13-14-64-49)44-26(6)36(53-46(31)44)16-37(29)50-33/h15-17,20,23,30,39-41,50-51H,4,10-14,18-19,21H2,1-3,5-9H3,(H,54,59,60)/t23-,30-,39-,40+,41+/m0/s1. The Hall–Kier alpha value is -6.43. The zero-order valence-electron chi connectivity index (χ0n) is 38.4. The van der Waals surface area contributed by atoms with Gasteiger partial charge in [0.2, 0.25) is 5.79 Å². The molecule has 4 aromatic heterocycles. The lowest BCUT2D eigenvalue weighted by Crippen LogP contribution is -2.34. The zero-order chi connectivity index (χ0) is 46.9. The first-order chi connectivity index (χ1) is 31.5. The van der Waals surface area contributed by atoms with Crippen LogP contribution in [0.3, 0.4) is 0 Å². The molecular weight excluding hydrogens is 849 g/mol. The highest BCUT2D eigenvalue weighted by Gasteiger charge is 2.52. The number of nitrogens with one attached hydrogen (secondary N) is 3. The van der Waals surface area contributed by atoms with E-state index in [0.29, 0.717) is 42.7 Å². The number of carbonyl (C=O) groups excluding carboxylic acids is 3. The molecule has 5 atom stereocenters. The van der Waals surface area contributed by atoms with Gasteiger partial charge in [0.1, 0.15) is 25.0 Å². The van der Waals surface area contributed by atoms with E-state index in [1.54, 1.807) is 0 Å². The largest absolute Gasteiger partial charge is 0.469 e. The number of aromatic amines is 3. The highest BCUT2D eigenvalue weighted by molar-refractivity contribution is 5.98. The summed E-state index contributed by atoms with van der Waals surface area (Å²) in [5, 5.41) is 0. The van der Waals surface area contributed by atoms with Crippen LogP contribution in [0.5, 0.6) is 0 Å². The molecule has 1 aliphatic carbocycles. The number of carbonyl (C=O) groups is 3. The van der Waals surface area contributed by atoms with E-state index in [1.165, 1.54) is 31.7 Å². The fraction of sp³-hybridized carbons (Fsp3) is 0.449. The third kappa shape index (κ3) is 7.61. The minimum Gasteiger partial charge on any atom is -0.469 e. The molecule has 3 N–H and O–H groups in total. The van der Waals surface area contributed by atoms with Crippen molar-refractivity contribution in [2.75, 3.05) is 26.9 Å². The number of esters is 3. The van der Waals surface area contributed by atoms with Crippen LogP contribution in [0, 0.1) is 13.8 Å². The number of ether oxygens (including phenoxy) is 6. The molecule has 5 aliphatic rings. The Balaban J connectivity index is 1.26. The number of aryl methyl sites for hydroxylation is 3. The second kappa shape index (κ2) is 17.1. The molecule has 2 saturated heterocycles. The molecule has 4 aromatic rings. The molecule has 4 aliphatic heterocycles. The lowest BCUT2D eigenvalue weighted by atomic mass is 9.85. The molecule has 17 heteroatoms. The van der Waals surface area contributed by atoms with Gasteiger partial charge in [0.25, 0.3) is 5.56 Å². The summed E-state index contributed by atoms with van der Waals surface area (Å²) in [7, 11) is 1.39. The van der Waals surface area contributed by atoms with Gasteiger partial charge < -0.3 is 38.4 Å². The smallest absolute Gasteiger partial charge is 0.330 e. The van der Waals surface area contributed by atoms with Crippen LogP contribution in [0.4, 0.5) is 0 Å². The van der Waals surface area contributed by atoms with Gasteiger partial charge in [0.05, 0.1) is 43.0 Å². The Morgan fingerprint density at radius 3 is 2.38 bits per heavy atom. The van der Waals surface area contributed by atoms with Crippen molar-refractivity contribution in [3.63, 3.8) is 0 Å². The van der Waals surface area contributed by atoms with Gasteiger partial charge in [0, 0.05) is 95.6 Å².